The molecule has 0 aromatic carbocycles. The molecule has 0 unspecified atom stereocenters. The molecule has 4 nitrogen and oxygen atoms in total. The van der Waals surface area contributed by atoms with Crippen molar-refractivity contribution >= 4 is 0 Å². The lowest BCUT2D eigenvalue weighted by atomic mass is 9.85. The summed E-state index contributed by atoms with van der Waals surface area (Å²) in [7, 11) is 0. The van der Waals surface area contributed by atoms with E-state index in [1.165, 1.54) is 18.5 Å². The van der Waals surface area contributed by atoms with Crippen LogP contribution in [0.25, 0.3) is 0 Å². The van der Waals surface area contributed by atoms with Gasteiger partial charge in [-0.05, 0) is 38.4 Å². The van der Waals surface area contributed by atoms with E-state index in [9.17, 15) is 0 Å². The quantitative estimate of drug-likeness (QED) is 0.852. The number of aryl methyl sites for hydroxylation is 1. The number of piperidine rings is 1. The molecule has 1 aromatic heterocycles. The van der Waals surface area contributed by atoms with Crippen LogP contribution >= 0.6 is 0 Å². The van der Waals surface area contributed by atoms with E-state index in [1.54, 1.807) is 0 Å². The Bertz CT molecular complexity index is 469. The van der Waals surface area contributed by atoms with Crippen LogP contribution in [-0.4, -0.2) is 59.7 Å². The molecule has 0 amide bonds. The van der Waals surface area contributed by atoms with Crippen molar-refractivity contribution < 1.29 is 4.74 Å². The molecule has 21 heavy (non-hydrogen) atoms. The first kappa shape index (κ1) is 14.9. The third-order valence-electron chi connectivity index (χ3n) is 5.05. The molecule has 3 rings (SSSR count). The third kappa shape index (κ3) is 3.28. The molecule has 0 atom stereocenters. The third-order valence-corrected chi connectivity index (χ3v) is 5.05. The van der Waals surface area contributed by atoms with Crippen LogP contribution in [-0.2, 0) is 11.3 Å². The van der Waals surface area contributed by atoms with Crippen LogP contribution in [0.4, 0.5) is 0 Å². The first-order chi connectivity index (χ1) is 10.2. The van der Waals surface area contributed by atoms with Gasteiger partial charge in [0, 0.05) is 37.4 Å². The maximum absolute atomic E-state index is 5.79. The second-order valence-electron chi connectivity index (χ2n) is 6.40. The zero-order valence-electron chi connectivity index (χ0n) is 13.3. The number of hydrogen-bond donors (Lipinski definition) is 0. The van der Waals surface area contributed by atoms with Gasteiger partial charge in [-0.3, -0.25) is 14.8 Å². The molecule has 2 saturated heterocycles. The van der Waals surface area contributed by atoms with Gasteiger partial charge >= 0.3 is 0 Å². The average molecular weight is 289 g/mol. The highest BCUT2D eigenvalue weighted by Gasteiger charge is 2.41. The fourth-order valence-corrected chi connectivity index (χ4v) is 3.76. The zero-order valence-corrected chi connectivity index (χ0v) is 13.3. The molecule has 0 N–H and O–H groups in total. The van der Waals surface area contributed by atoms with E-state index in [4.69, 9.17) is 4.74 Å². The predicted octanol–water partition coefficient (Wildman–Crippen LogP) is 2.08. The number of likely N-dealkylation sites (tertiary alicyclic amines) is 1. The molecule has 2 aliphatic rings. The van der Waals surface area contributed by atoms with Crippen molar-refractivity contribution in [2.45, 2.75) is 38.8 Å². The topological polar surface area (TPSA) is 28.6 Å². The van der Waals surface area contributed by atoms with Crippen molar-refractivity contribution in [3.05, 3.63) is 29.6 Å². The highest BCUT2D eigenvalue weighted by atomic mass is 16.5. The molecule has 0 radical (unpaired) electrons. The Morgan fingerprint density at radius 1 is 1.24 bits per heavy atom. The lowest BCUT2D eigenvalue weighted by Crippen LogP contribution is -2.61. The maximum atomic E-state index is 5.79. The second-order valence-corrected chi connectivity index (χ2v) is 6.40. The van der Waals surface area contributed by atoms with Gasteiger partial charge < -0.3 is 4.74 Å². The number of morpholine rings is 1. The van der Waals surface area contributed by atoms with Crippen molar-refractivity contribution in [1.29, 1.82) is 0 Å². The number of rotatable bonds is 3. The normalized spacial score (nSPS) is 23.5. The van der Waals surface area contributed by atoms with Gasteiger partial charge in [0.1, 0.15) is 0 Å². The Labute approximate surface area is 128 Å². The van der Waals surface area contributed by atoms with Crippen LogP contribution in [0, 0.1) is 6.92 Å². The summed E-state index contributed by atoms with van der Waals surface area (Å²) in [5.74, 6) is 0. The summed E-state index contributed by atoms with van der Waals surface area (Å²) in [5.41, 5.74) is 2.60. The lowest BCUT2D eigenvalue weighted by Gasteiger charge is -2.50. The Kier molecular flexibility index (Phi) is 4.57. The Balaban J connectivity index is 1.59. The molecule has 2 aliphatic heterocycles. The Hall–Kier alpha value is -0.970. The predicted molar refractivity (Wildman–Crippen MR) is 84.3 cm³/mol. The summed E-state index contributed by atoms with van der Waals surface area (Å²) in [6, 6.07) is 6.31. The van der Waals surface area contributed by atoms with Crippen LogP contribution in [0.2, 0.25) is 0 Å². The molecule has 1 spiro atoms. The van der Waals surface area contributed by atoms with Crippen LogP contribution in [0.5, 0.6) is 0 Å². The molecular formula is C17H27N3O. The molecule has 0 aliphatic carbocycles. The minimum atomic E-state index is 0.295. The van der Waals surface area contributed by atoms with Gasteiger partial charge in [-0.25, -0.2) is 0 Å². The summed E-state index contributed by atoms with van der Waals surface area (Å²) in [4.78, 5) is 9.80. The number of pyridine rings is 1. The highest BCUT2D eigenvalue weighted by molar-refractivity contribution is 5.10. The van der Waals surface area contributed by atoms with Crippen LogP contribution in [0.3, 0.4) is 0 Å². The fourth-order valence-electron chi connectivity index (χ4n) is 3.76. The lowest BCUT2D eigenvalue weighted by molar-refractivity contribution is -0.0933. The largest absolute Gasteiger partial charge is 0.378 e. The molecular weight excluding hydrogens is 262 g/mol. The zero-order chi connectivity index (χ0) is 14.7. The van der Waals surface area contributed by atoms with Gasteiger partial charge in [0.2, 0.25) is 0 Å². The van der Waals surface area contributed by atoms with Crippen LogP contribution < -0.4 is 0 Å². The van der Waals surface area contributed by atoms with Gasteiger partial charge in [-0.1, -0.05) is 13.0 Å². The smallest absolute Gasteiger partial charge is 0.0652 e. The van der Waals surface area contributed by atoms with E-state index in [0.717, 1.165) is 51.6 Å². The van der Waals surface area contributed by atoms with E-state index in [0.29, 0.717) is 5.54 Å². The Morgan fingerprint density at radius 2 is 2.05 bits per heavy atom. The van der Waals surface area contributed by atoms with Gasteiger partial charge in [0.25, 0.3) is 0 Å². The van der Waals surface area contributed by atoms with E-state index in [2.05, 4.69) is 46.8 Å². The van der Waals surface area contributed by atoms with Gasteiger partial charge in [0.05, 0.1) is 18.9 Å². The standard InChI is InChI=1S/C17H27N3O/c1-3-20-11-12-21-14-17(20)7-9-19(10-8-17)13-16-6-4-5-15(2)18-16/h4-6H,3,7-14H2,1-2H3. The van der Waals surface area contributed by atoms with E-state index in [1.807, 2.05) is 0 Å². The molecule has 3 heterocycles. The fraction of sp³-hybridized carbons (Fsp3) is 0.706. The van der Waals surface area contributed by atoms with Crippen molar-refractivity contribution in [2.24, 2.45) is 0 Å². The summed E-state index contributed by atoms with van der Waals surface area (Å²) in [6.07, 6.45) is 2.43. The first-order valence-corrected chi connectivity index (χ1v) is 8.19. The van der Waals surface area contributed by atoms with Gasteiger partial charge in [-0.15, -0.1) is 0 Å². The minimum Gasteiger partial charge on any atom is -0.378 e. The SMILES string of the molecule is CCN1CCOCC12CCN(Cc1cccc(C)n1)CC2. The van der Waals surface area contributed by atoms with Crippen molar-refractivity contribution in [3.8, 4) is 0 Å². The van der Waals surface area contributed by atoms with E-state index < -0.39 is 0 Å². The minimum absolute atomic E-state index is 0.295. The molecule has 1 aromatic rings. The Morgan fingerprint density at radius 3 is 2.76 bits per heavy atom. The summed E-state index contributed by atoms with van der Waals surface area (Å²) < 4.78 is 5.79. The number of aromatic nitrogens is 1. The number of likely N-dealkylation sites (N-methyl/N-ethyl adjacent to an activating group) is 1. The molecule has 116 valence electrons. The molecule has 0 saturated carbocycles. The van der Waals surface area contributed by atoms with Crippen molar-refractivity contribution in [2.75, 3.05) is 39.4 Å². The highest BCUT2D eigenvalue weighted by Crippen LogP contribution is 2.31. The van der Waals surface area contributed by atoms with Crippen LogP contribution in [0.15, 0.2) is 18.2 Å². The van der Waals surface area contributed by atoms with E-state index in [-0.39, 0.29) is 0 Å². The van der Waals surface area contributed by atoms with Crippen molar-refractivity contribution in [1.82, 2.24) is 14.8 Å². The van der Waals surface area contributed by atoms with Gasteiger partial charge in [-0.2, -0.15) is 0 Å². The molecule has 4 heteroatoms. The second kappa shape index (κ2) is 6.42. The summed E-state index contributed by atoms with van der Waals surface area (Å²) >= 11 is 0. The summed E-state index contributed by atoms with van der Waals surface area (Å²) in [5, 5.41) is 0. The monoisotopic (exact) mass is 289 g/mol. The van der Waals surface area contributed by atoms with Crippen molar-refractivity contribution in [3.63, 3.8) is 0 Å². The molecule has 2 fully saturated rings. The number of nitrogens with zero attached hydrogens (tertiary/aromatic N) is 3. The van der Waals surface area contributed by atoms with Crippen LogP contribution in [0.1, 0.15) is 31.2 Å². The first-order valence-electron chi connectivity index (χ1n) is 8.19. The number of ether oxygens (including phenoxy) is 1. The molecule has 0 bridgehead atoms. The number of hydrogen-bond acceptors (Lipinski definition) is 4. The average Bonchev–Trinajstić information content (AvgIpc) is 2.50. The van der Waals surface area contributed by atoms with E-state index >= 15 is 0 Å². The summed E-state index contributed by atoms with van der Waals surface area (Å²) in [6.45, 7) is 11.7. The van der Waals surface area contributed by atoms with Gasteiger partial charge in [0.15, 0.2) is 0 Å². The maximum Gasteiger partial charge on any atom is 0.0652 e.